The molecule has 0 N–H and O–H groups in total. The van der Waals surface area contributed by atoms with E-state index in [0.717, 1.165) is 6.42 Å². The maximum atomic E-state index is 11.6. The van der Waals surface area contributed by atoms with E-state index >= 15 is 0 Å². The van der Waals surface area contributed by atoms with Crippen LogP contribution < -0.4 is 0 Å². The molecule has 0 aromatic carbocycles. The normalized spacial score (nSPS) is 9.81. The van der Waals surface area contributed by atoms with Crippen molar-refractivity contribution in [2.24, 2.45) is 5.92 Å². The summed E-state index contributed by atoms with van der Waals surface area (Å²) in [5.74, 6) is 6.53. The molecule has 0 bridgehead atoms. The lowest BCUT2D eigenvalue weighted by molar-refractivity contribution is -0.129. The first kappa shape index (κ1) is 15.0. The van der Waals surface area contributed by atoms with Crippen LogP contribution in [0, 0.1) is 17.8 Å². The number of hydrogen-bond donors (Lipinski definition) is 0. The van der Waals surface area contributed by atoms with E-state index in [0.29, 0.717) is 32.1 Å². The van der Waals surface area contributed by atoms with Gasteiger partial charge in [0.1, 0.15) is 0 Å². The summed E-state index contributed by atoms with van der Waals surface area (Å²) in [6, 6.07) is 0. The van der Waals surface area contributed by atoms with E-state index < -0.39 is 0 Å². The molecule has 0 fully saturated rings. The molecule has 3 nitrogen and oxygen atoms in total. The van der Waals surface area contributed by atoms with E-state index in [1.54, 1.807) is 11.9 Å². The van der Waals surface area contributed by atoms with Crippen LogP contribution in [0.1, 0.15) is 33.6 Å². The Hall–Kier alpha value is -1.01. The second-order valence-electron chi connectivity index (χ2n) is 4.03. The molecular formula is C13H23NO2. The zero-order valence-corrected chi connectivity index (χ0v) is 10.9. The van der Waals surface area contributed by atoms with Crippen molar-refractivity contribution in [3.8, 4) is 11.8 Å². The van der Waals surface area contributed by atoms with Gasteiger partial charge in [0.25, 0.3) is 0 Å². The molecule has 0 rings (SSSR count). The van der Waals surface area contributed by atoms with Gasteiger partial charge in [0.15, 0.2) is 0 Å². The zero-order chi connectivity index (χ0) is 12.4. The van der Waals surface area contributed by atoms with Gasteiger partial charge in [-0.2, -0.15) is 0 Å². The topological polar surface area (TPSA) is 29.5 Å². The van der Waals surface area contributed by atoms with Crippen LogP contribution in [0.2, 0.25) is 0 Å². The lowest BCUT2D eigenvalue weighted by atomic mass is 10.2. The fourth-order valence-corrected chi connectivity index (χ4v) is 1.12. The van der Waals surface area contributed by atoms with E-state index in [-0.39, 0.29) is 5.91 Å². The summed E-state index contributed by atoms with van der Waals surface area (Å²) in [6.45, 7) is 7.92. The Morgan fingerprint density at radius 3 is 2.69 bits per heavy atom. The average Bonchev–Trinajstić information content (AvgIpc) is 2.23. The van der Waals surface area contributed by atoms with Crippen molar-refractivity contribution in [3.05, 3.63) is 0 Å². The number of nitrogens with zero attached hydrogens (tertiary/aromatic N) is 1. The van der Waals surface area contributed by atoms with Gasteiger partial charge in [-0.15, -0.1) is 0 Å². The van der Waals surface area contributed by atoms with Crippen molar-refractivity contribution in [2.45, 2.75) is 33.6 Å². The molecule has 0 aromatic heterocycles. The number of carbonyl (C=O) groups excluding carboxylic acids is 1. The van der Waals surface area contributed by atoms with Crippen LogP contribution >= 0.6 is 0 Å². The summed E-state index contributed by atoms with van der Waals surface area (Å²) < 4.78 is 5.18. The van der Waals surface area contributed by atoms with Gasteiger partial charge in [-0.3, -0.25) is 4.79 Å². The third-order valence-corrected chi connectivity index (χ3v) is 2.02. The lowest BCUT2D eigenvalue weighted by Crippen LogP contribution is -2.27. The van der Waals surface area contributed by atoms with E-state index in [2.05, 4.69) is 11.8 Å². The molecule has 16 heavy (non-hydrogen) atoms. The summed E-state index contributed by atoms with van der Waals surface area (Å²) in [4.78, 5) is 13.3. The molecule has 0 saturated heterocycles. The minimum absolute atomic E-state index is 0.137. The molecule has 0 aromatic rings. The Kier molecular flexibility index (Phi) is 8.65. The first-order valence-electron chi connectivity index (χ1n) is 5.88. The van der Waals surface area contributed by atoms with Gasteiger partial charge < -0.3 is 9.64 Å². The highest BCUT2D eigenvalue weighted by atomic mass is 16.5. The first-order chi connectivity index (χ1) is 7.57. The summed E-state index contributed by atoms with van der Waals surface area (Å²) >= 11 is 0. The molecule has 0 aliphatic rings. The zero-order valence-electron chi connectivity index (χ0n) is 10.9. The second kappa shape index (κ2) is 9.23. The third kappa shape index (κ3) is 8.31. The summed E-state index contributed by atoms with van der Waals surface area (Å²) in [5.41, 5.74) is 0. The van der Waals surface area contributed by atoms with Crippen LogP contribution in [0.25, 0.3) is 0 Å². The van der Waals surface area contributed by atoms with Crippen molar-refractivity contribution in [1.29, 1.82) is 0 Å². The lowest BCUT2D eigenvalue weighted by Gasteiger charge is -2.13. The molecule has 0 spiro atoms. The van der Waals surface area contributed by atoms with Gasteiger partial charge >= 0.3 is 0 Å². The minimum atomic E-state index is 0.137. The SMILES string of the molecule is CCOCCCC(=O)N(C)CC#CC(C)C. The number of hydrogen-bond acceptors (Lipinski definition) is 2. The average molecular weight is 225 g/mol. The van der Waals surface area contributed by atoms with Gasteiger partial charge in [0, 0.05) is 32.6 Å². The standard InChI is InChI=1S/C13H23NO2/c1-5-16-11-7-9-13(15)14(4)10-6-8-12(2)3/h12H,5,7,9-11H2,1-4H3. The molecule has 1 amide bonds. The Labute approximate surface area is 99.2 Å². The van der Waals surface area contributed by atoms with Gasteiger partial charge in [0.2, 0.25) is 5.91 Å². The number of amides is 1. The van der Waals surface area contributed by atoms with Crippen LogP contribution in [0.4, 0.5) is 0 Å². The Morgan fingerprint density at radius 1 is 1.44 bits per heavy atom. The molecule has 0 unspecified atom stereocenters. The van der Waals surface area contributed by atoms with Crippen molar-refractivity contribution in [3.63, 3.8) is 0 Å². The molecule has 3 heteroatoms. The highest BCUT2D eigenvalue weighted by Crippen LogP contribution is 1.96. The third-order valence-electron chi connectivity index (χ3n) is 2.02. The van der Waals surface area contributed by atoms with Crippen LogP contribution in [-0.2, 0) is 9.53 Å². The molecule has 0 aliphatic heterocycles. The summed E-state index contributed by atoms with van der Waals surface area (Å²) in [5, 5.41) is 0. The largest absolute Gasteiger partial charge is 0.382 e. The fraction of sp³-hybridized carbons (Fsp3) is 0.769. The van der Waals surface area contributed by atoms with Crippen LogP contribution in [-0.4, -0.2) is 37.6 Å². The smallest absolute Gasteiger partial charge is 0.223 e. The Bertz CT molecular complexity index is 250. The van der Waals surface area contributed by atoms with Crippen LogP contribution in [0.15, 0.2) is 0 Å². The highest BCUT2D eigenvalue weighted by Gasteiger charge is 2.06. The predicted molar refractivity (Wildman–Crippen MR) is 66.0 cm³/mol. The van der Waals surface area contributed by atoms with Crippen molar-refractivity contribution >= 4 is 5.91 Å². The second-order valence-corrected chi connectivity index (χ2v) is 4.03. The quantitative estimate of drug-likeness (QED) is 0.510. The van der Waals surface area contributed by atoms with Gasteiger partial charge in [-0.05, 0) is 13.3 Å². The van der Waals surface area contributed by atoms with Crippen LogP contribution in [0.5, 0.6) is 0 Å². The summed E-state index contributed by atoms with van der Waals surface area (Å²) in [7, 11) is 1.79. The number of carbonyl (C=O) groups is 1. The Balaban J connectivity index is 3.70. The molecule has 0 atom stereocenters. The molecule has 92 valence electrons. The van der Waals surface area contributed by atoms with Crippen molar-refractivity contribution in [2.75, 3.05) is 26.8 Å². The number of ether oxygens (including phenoxy) is 1. The van der Waals surface area contributed by atoms with Crippen molar-refractivity contribution in [1.82, 2.24) is 4.90 Å². The van der Waals surface area contributed by atoms with Gasteiger partial charge in [-0.25, -0.2) is 0 Å². The molecular weight excluding hydrogens is 202 g/mol. The van der Waals surface area contributed by atoms with Crippen molar-refractivity contribution < 1.29 is 9.53 Å². The van der Waals surface area contributed by atoms with E-state index in [1.807, 2.05) is 20.8 Å². The molecule has 0 radical (unpaired) electrons. The van der Waals surface area contributed by atoms with Gasteiger partial charge in [-0.1, -0.05) is 25.7 Å². The van der Waals surface area contributed by atoms with Gasteiger partial charge in [0.05, 0.1) is 6.54 Å². The minimum Gasteiger partial charge on any atom is -0.382 e. The number of rotatable bonds is 6. The Morgan fingerprint density at radius 2 is 2.12 bits per heavy atom. The first-order valence-corrected chi connectivity index (χ1v) is 5.88. The summed E-state index contributed by atoms with van der Waals surface area (Å²) in [6.07, 6.45) is 1.33. The molecule has 0 heterocycles. The monoisotopic (exact) mass is 225 g/mol. The predicted octanol–water partition coefficient (Wildman–Crippen LogP) is 1.92. The maximum Gasteiger partial charge on any atom is 0.223 e. The highest BCUT2D eigenvalue weighted by molar-refractivity contribution is 5.76. The molecule has 0 saturated carbocycles. The van der Waals surface area contributed by atoms with E-state index in [1.165, 1.54) is 0 Å². The van der Waals surface area contributed by atoms with E-state index in [4.69, 9.17) is 4.74 Å². The van der Waals surface area contributed by atoms with E-state index in [9.17, 15) is 4.79 Å². The van der Waals surface area contributed by atoms with Crippen LogP contribution in [0.3, 0.4) is 0 Å². The maximum absolute atomic E-state index is 11.6. The molecule has 0 aliphatic carbocycles. The fourth-order valence-electron chi connectivity index (χ4n) is 1.12.